The van der Waals surface area contributed by atoms with E-state index in [1.54, 1.807) is 26.2 Å². The number of nitrogens with two attached hydrogens (primary N) is 1. The lowest BCUT2D eigenvalue weighted by Gasteiger charge is -2.05. The van der Waals surface area contributed by atoms with Gasteiger partial charge < -0.3 is 24.9 Å². The Kier molecular flexibility index (Phi) is 5.04. The maximum atomic E-state index is 12.7. The third-order valence-electron chi connectivity index (χ3n) is 4.67. The maximum absolute atomic E-state index is 12.7. The number of nitrogens with zero attached hydrogens (tertiary/aromatic N) is 1. The minimum atomic E-state index is -0.617. The van der Waals surface area contributed by atoms with E-state index in [0.717, 1.165) is 10.1 Å². The molecule has 0 bridgehead atoms. The van der Waals surface area contributed by atoms with Crippen molar-refractivity contribution >= 4 is 44.3 Å². The van der Waals surface area contributed by atoms with Crippen LogP contribution in [-0.2, 0) is 4.74 Å². The van der Waals surface area contributed by atoms with Gasteiger partial charge in [0.1, 0.15) is 22.0 Å². The molecule has 154 valence electrons. The van der Waals surface area contributed by atoms with Crippen molar-refractivity contribution in [2.24, 2.45) is 5.73 Å². The Morgan fingerprint density at radius 2 is 1.97 bits per heavy atom. The summed E-state index contributed by atoms with van der Waals surface area (Å²) >= 11 is 1.30. The summed E-state index contributed by atoms with van der Waals surface area (Å²) in [6.07, 6.45) is 0. The third-order valence-corrected chi connectivity index (χ3v) is 5.81. The normalized spacial score (nSPS) is 11.0. The van der Waals surface area contributed by atoms with Crippen LogP contribution in [0.25, 0.3) is 32.5 Å². The van der Waals surface area contributed by atoms with Crippen LogP contribution in [0, 0.1) is 0 Å². The molecule has 30 heavy (non-hydrogen) atoms. The van der Waals surface area contributed by atoms with Gasteiger partial charge in [0, 0.05) is 10.1 Å². The molecule has 4 aromatic rings. The molecular formula is C21H19N3O5S. The van der Waals surface area contributed by atoms with Gasteiger partial charge >= 0.3 is 5.97 Å². The van der Waals surface area contributed by atoms with Crippen molar-refractivity contribution in [1.82, 2.24) is 9.97 Å². The van der Waals surface area contributed by atoms with E-state index in [2.05, 4.69) is 9.97 Å². The van der Waals surface area contributed by atoms with Crippen LogP contribution in [0.1, 0.15) is 27.0 Å². The highest BCUT2D eigenvalue weighted by Crippen LogP contribution is 2.44. The smallest absolute Gasteiger partial charge is 0.349 e. The highest BCUT2D eigenvalue weighted by Gasteiger charge is 2.26. The maximum Gasteiger partial charge on any atom is 0.349 e. The summed E-state index contributed by atoms with van der Waals surface area (Å²) in [5.41, 5.74) is 7.33. The number of carbonyl (C=O) groups excluding carboxylic acids is 2. The lowest BCUT2D eigenvalue weighted by atomic mass is 10.1. The number of hydrogen-bond acceptors (Lipinski definition) is 7. The van der Waals surface area contributed by atoms with Crippen LogP contribution in [0.2, 0.25) is 0 Å². The van der Waals surface area contributed by atoms with Crippen LogP contribution in [0.5, 0.6) is 11.5 Å². The molecule has 0 aliphatic heterocycles. The van der Waals surface area contributed by atoms with Gasteiger partial charge in [-0.2, -0.15) is 0 Å². The number of methoxy groups -OCH3 is 2. The van der Waals surface area contributed by atoms with Gasteiger partial charge in [-0.25, -0.2) is 9.78 Å². The van der Waals surface area contributed by atoms with E-state index in [9.17, 15) is 9.59 Å². The number of esters is 1. The number of aromatic nitrogens is 2. The summed E-state index contributed by atoms with van der Waals surface area (Å²) < 4.78 is 17.1. The fourth-order valence-corrected chi connectivity index (χ4v) is 4.54. The average molecular weight is 425 g/mol. The van der Waals surface area contributed by atoms with Gasteiger partial charge in [-0.15, -0.1) is 11.3 Å². The molecule has 0 fully saturated rings. The molecule has 0 aliphatic rings. The first-order valence-corrected chi connectivity index (χ1v) is 9.95. The van der Waals surface area contributed by atoms with Crippen LogP contribution < -0.4 is 15.2 Å². The average Bonchev–Trinajstić information content (AvgIpc) is 3.33. The first-order valence-electron chi connectivity index (χ1n) is 9.13. The lowest BCUT2D eigenvalue weighted by molar-refractivity contribution is 0.0532. The summed E-state index contributed by atoms with van der Waals surface area (Å²) in [7, 11) is 3.02. The van der Waals surface area contributed by atoms with Crippen molar-refractivity contribution in [1.29, 1.82) is 0 Å². The second kappa shape index (κ2) is 7.68. The van der Waals surface area contributed by atoms with Gasteiger partial charge in [-0.1, -0.05) is 6.07 Å². The van der Waals surface area contributed by atoms with E-state index >= 15 is 0 Å². The van der Waals surface area contributed by atoms with Gasteiger partial charge in [0.15, 0.2) is 5.75 Å². The molecule has 4 rings (SSSR count). The Morgan fingerprint density at radius 3 is 2.63 bits per heavy atom. The summed E-state index contributed by atoms with van der Waals surface area (Å²) in [4.78, 5) is 32.8. The number of rotatable bonds is 6. The van der Waals surface area contributed by atoms with Crippen molar-refractivity contribution in [3.8, 4) is 22.9 Å². The minimum Gasteiger partial charge on any atom is -0.496 e. The second-order valence-corrected chi connectivity index (χ2v) is 7.40. The molecule has 8 nitrogen and oxygen atoms in total. The zero-order chi connectivity index (χ0) is 21.4. The van der Waals surface area contributed by atoms with Crippen molar-refractivity contribution in [2.75, 3.05) is 20.8 Å². The van der Waals surface area contributed by atoms with Crippen LogP contribution >= 0.6 is 11.3 Å². The minimum absolute atomic E-state index is 0.224. The number of carbonyl (C=O) groups is 2. The quantitative estimate of drug-likeness (QED) is 0.455. The zero-order valence-electron chi connectivity index (χ0n) is 16.6. The first kappa shape index (κ1) is 19.7. The predicted molar refractivity (Wildman–Crippen MR) is 114 cm³/mol. The van der Waals surface area contributed by atoms with Gasteiger partial charge in [0.05, 0.1) is 37.5 Å². The standard InChI is InChI=1S/C21H19N3O5S/c1-4-29-21(26)18-15(14-12(27-2)6-5-7-13(14)30-18)20-23-11-9-8-10(19(22)25)17(28-3)16(11)24-20/h5-9H,4H2,1-3H3,(H2,22,25)(H,23,24). The molecular weight excluding hydrogens is 406 g/mol. The molecule has 2 heterocycles. The third kappa shape index (κ3) is 3.03. The number of amides is 1. The van der Waals surface area contributed by atoms with Gasteiger partial charge in [-0.3, -0.25) is 4.79 Å². The molecule has 0 unspecified atom stereocenters. The highest BCUT2D eigenvalue weighted by atomic mass is 32.1. The molecule has 0 spiro atoms. The van der Waals surface area contributed by atoms with E-state index in [-0.39, 0.29) is 17.9 Å². The molecule has 0 saturated heterocycles. The van der Waals surface area contributed by atoms with E-state index in [0.29, 0.717) is 33.0 Å². The lowest BCUT2D eigenvalue weighted by Crippen LogP contribution is -2.12. The molecule has 0 radical (unpaired) electrons. The van der Waals surface area contributed by atoms with E-state index in [4.69, 9.17) is 19.9 Å². The molecule has 2 aromatic heterocycles. The topological polar surface area (TPSA) is 117 Å². The summed E-state index contributed by atoms with van der Waals surface area (Å²) in [6, 6.07) is 8.86. The van der Waals surface area contributed by atoms with Gasteiger partial charge in [-0.05, 0) is 31.2 Å². The number of benzene rings is 2. The molecule has 0 atom stereocenters. The Hall–Kier alpha value is -3.59. The fourth-order valence-electron chi connectivity index (χ4n) is 3.42. The number of aromatic amines is 1. The second-order valence-electron chi connectivity index (χ2n) is 6.35. The Labute approximate surface area is 175 Å². The highest BCUT2D eigenvalue weighted by molar-refractivity contribution is 7.21. The molecule has 9 heteroatoms. The zero-order valence-corrected chi connectivity index (χ0v) is 17.4. The number of fused-ring (bicyclic) bond motifs is 2. The Morgan fingerprint density at radius 1 is 1.17 bits per heavy atom. The van der Waals surface area contributed by atoms with Crippen LogP contribution in [0.15, 0.2) is 30.3 Å². The van der Waals surface area contributed by atoms with Crippen molar-refractivity contribution in [3.05, 3.63) is 40.8 Å². The van der Waals surface area contributed by atoms with Crippen molar-refractivity contribution in [3.63, 3.8) is 0 Å². The monoisotopic (exact) mass is 425 g/mol. The van der Waals surface area contributed by atoms with Crippen LogP contribution in [0.3, 0.4) is 0 Å². The van der Waals surface area contributed by atoms with Crippen molar-refractivity contribution in [2.45, 2.75) is 6.92 Å². The number of hydrogen-bond donors (Lipinski definition) is 2. The largest absolute Gasteiger partial charge is 0.496 e. The van der Waals surface area contributed by atoms with Crippen LogP contribution in [0.4, 0.5) is 0 Å². The number of primary amides is 1. The molecule has 1 amide bonds. The van der Waals surface area contributed by atoms with E-state index in [1.165, 1.54) is 18.4 Å². The fraction of sp³-hybridized carbons (Fsp3) is 0.190. The predicted octanol–water partition coefficient (Wildman–Crippen LogP) is 3.74. The molecule has 0 aliphatic carbocycles. The Balaban J connectivity index is 2.05. The Bertz CT molecular complexity index is 1290. The molecule has 3 N–H and O–H groups in total. The molecule has 0 saturated carbocycles. The number of imidazole rings is 1. The van der Waals surface area contributed by atoms with E-state index < -0.39 is 11.9 Å². The summed E-state index contributed by atoms with van der Waals surface area (Å²) in [5.74, 6) is 0.254. The summed E-state index contributed by atoms with van der Waals surface area (Å²) in [5, 5.41) is 0.751. The van der Waals surface area contributed by atoms with E-state index in [1.807, 2.05) is 18.2 Å². The number of H-pyrrole nitrogens is 1. The van der Waals surface area contributed by atoms with Gasteiger partial charge in [0.2, 0.25) is 0 Å². The number of ether oxygens (including phenoxy) is 3. The van der Waals surface area contributed by atoms with Crippen LogP contribution in [-0.4, -0.2) is 42.7 Å². The SMILES string of the molecule is CCOC(=O)c1sc2cccc(OC)c2c1-c1nc2c(OC)c(C(N)=O)ccc2[nH]1. The first-order chi connectivity index (χ1) is 14.5. The number of thiophene rings is 1. The van der Waals surface area contributed by atoms with Crippen molar-refractivity contribution < 1.29 is 23.8 Å². The molecule has 2 aromatic carbocycles. The number of nitrogens with one attached hydrogen (secondary N) is 1. The summed E-state index contributed by atoms with van der Waals surface area (Å²) in [6.45, 7) is 2.00. The van der Waals surface area contributed by atoms with Gasteiger partial charge in [0.25, 0.3) is 5.91 Å².